The predicted octanol–water partition coefficient (Wildman–Crippen LogP) is 3.26. The average molecular weight is 294 g/mol. The topological polar surface area (TPSA) is 90.2 Å². The molecule has 1 aromatic heterocycles. The van der Waals surface area contributed by atoms with Crippen molar-refractivity contribution >= 4 is 11.5 Å². The Balaban J connectivity index is 2.26. The maximum absolute atomic E-state index is 11.3. The van der Waals surface area contributed by atoms with Gasteiger partial charge in [-0.3, -0.25) is 10.1 Å². The molecule has 21 heavy (non-hydrogen) atoms. The smallest absolute Gasteiger partial charge is 0.372 e. The highest BCUT2D eigenvalue weighted by Crippen LogP contribution is 2.41. The van der Waals surface area contributed by atoms with Gasteiger partial charge in [-0.25, -0.2) is 4.98 Å². The molecule has 0 bridgehead atoms. The van der Waals surface area contributed by atoms with Gasteiger partial charge in [0, 0.05) is 12.5 Å². The van der Waals surface area contributed by atoms with Crippen LogP contribution in [0.15, 0.2) is 0 Å². The fourth-order valence-electron chi connectivity index (χ4n) is 2.08. The van der Waals surface area contributed by atoms with E-state index in [-0.39, 0.29) is 17.4 Å². The van der Waals surface area contributed by atoms with Crippen LogP contribution < -0.4 is 10.1 Å². The molecule has 0 amide bonds. The van der Waals surface area contributed by atoms with E-state index in [1.807, 2.05) is 0 Å². The number of hydrogen-bond acceptors (Lipinski definition) is 6. The van der Waals surface area contributed by atoms with Gasteiger partial charge >= 0.3 is 5.69 Å². The van der Waals surface area contributed by atoms with E-state index in [0.717, 1.165) is 32.1 Å². The van der Waals surface area contributed by atoms with Gasteiger partial charge in [0.15, 0.2) is 0 Å². The summed E-state index contributed by atoms with van der Waals surface area (Å²) in [6.07, 6.45) is 5.22. The Hall–Kier alpha value is -1.92. The molecular formula is C14H22N4O3. The van der Waals surface area contributed by atoms with Crippen LogP contribution in [0.5, 0.6) is 5.88 Å². The lowest BCUT2D eigenvalue weighted by atomic mass is 10.2. The van der Waals surface area contributed by atoms with Crippen molar-refractivity contribution in [2.45, 2.75) is 51.9 Å². The van der Waals surface area contributed by atoms with Gasteiger partial charge in [0.2, 0.25) is 5.82 Å². The minimum Gasteiger partial charge on any atom is -0.473 e. The molecule has 1 N–H and O–H groups in total. The molecule has 1 heterocycles. The van der Waals surface area contributed by atoms with Crippen molar-refractivity contribution in [3.8, 4) is 5.88 Å². The van der Waals surface area contributed by atoms with Gasteiger partial charge in [-0.2, -0.15) is 4.98 Å². The van der Waals surface area contributed by atoms with Crippen molar-refractivity contribution in [1.29, 1.82) is 0 Å². The summed E-state index contributed by atoms with van der Waals surface area (Å²) in [6.45, 7) is 4.92. The first-order valence-electron chi connectivity index (χ1n) is 7.60. The lowest BCUT2D eigenvalue weighted by Gasteiger charge is -2.11. The van der Waals surface area contributed by atoms with Crippen LogP contribution in [0.4, 0.5) is 11.5 Å². The molecule has 0 spiro atoms. The molecule has 0 unspecified atom stereocenters. The lowest BCUT2D eigenvalue weighted by molar-refractivity contribution is -0.385. The van der Waals surface area contributed by atoms with Crippen LogP contribution in [0.3, 0.4) is 0 Å². The summed E-state index contributed by atoms with van der Waals surface area (Å²) in [4.78, 5) is 19.4. The van der Waals surface area contributed by atoms with Crippen LogP contribution in [0, 0.1) is 10.1 Å². The highest BCUT2D eigenvalue weighted by atomic mass is 16.6. The third-order valence-electron chi connectivity index (χ3n) is 3.35. The Morgan fingerprint density at radius 2 is 2.10 bits per heavy atom. The number of ether oxygens (including phenoxy) is 1. The molecule has 1 fully saturated rings. The zero-order chi connectivity index (χ0) is 15.2. The van der Waals surface area contributed by atoms with E-state index in [1.165, 1.54) is 0 Å². The molecule has 1 aliphatic carbocycles. The molecule has 116 valence electrons. The summed E-state index contributed by atoms with van der Waals surface area (Å²) < 4.78 is 5.35. The van der Waals surface area contributed by atoms with Crippen molar-refractivity contribution in [3.05, 3.63) is 15.9 Å². The number of anilines is 1. The number of unbranched alkanes of at least 4 members (excludes halogenated alkanes) is 2. The van der Waals surface area contributed by atoms with Crippen LogP contribution in [-0.2, 0) is 0 Å². The minimum atomic E-state index is -0.468. The first kappa shape index (κ1) is 15.5. The molecule has 7 heteroatoms. The number of nitro groups is 1. The molecule has 1 aliphatic rings. The Kier molecular flexibility index (Phi) is 5.30. The zero-order valence-electron chi connectivity index (χ0n) is 12.6. The summed E-state index contributed by atoms with van der Waals surface area (Å²) in [5.74, 6) is 1.34. The zero-order valence-corrected chi connectivity index (χ0v) is 12.6. The van der Waals surface area contributed by atoms with Crippen molar-refractivity contribution in [1.82, 2.24) is 9.97 Å². The number of nitrogens with one attached hydrogen (secondary N) is 1. The van der Waals surface area contributed by atoms with Crippen LogP contribution in [0.25, 0.3) is 0 Å². The summed E-state index contributed by atoms with van der Waals surface area (Å²) in [5, 5.41) is 14.4. The molecule has 2 rings (SSSR count). The van der Waals surface area contributed by atoms with Gasteiger partial charge < -0.3 is 10.1 Å². The average Bonchev–Trinajstić information content (AvgIpc) is 3.27. The number of hydrogen-bond donors (Lipinski definition) is 1. The predicted molar refractivity (Wildman–Crippen MR) is 79.8 cm³/mol. The van der Waals surface area contributed by atoms with E-state index in [0.29, 0.717) is 24.9 Å². The van der Waals surface area contributed by atoms with Gasteiger partial charge in [-0.1, -0.05) is 19.8 Å². The third-order valence-corrected chi connectivity index (χ3v) is 3.35. The minimum absolute atomic E-state index is 0.0809. The van der Waals surface area contributed by atoms with Gasteiger partial charge in [-0.15, -0.1) is 0 Å². The van der Waals surface area contributed by atoms with Crippen LogP contribution in [0.1, 0.15) is 57.7 Å². The SMILES string of the molecule is CCCCCNc1nc(C2CC2)nc(OCC)c1[N+](=O)[O-]. The second kappa shape index (κ2) is 7.19. The van der Waals surface area contributed by atoms with E-state index in [4.69, 9.17) is 4.74 Å². The molecule has 1 aromatic rings. The van der Waals surface area contributed by atoms with E-state index < -0.39 is 4.92 Å². The monoisotopic (exact) mass is 294 g/mol. The van der Waals surface area contributed by atoms with Crippen LogP contribution in [-0.4, -0.2) is 28.0 Å². The number of nitrogens with zero attached hydrogens (tertiary/aromatic N) is 3. The molecular weight excluding hydrogens is 272 g/mol. The first-order chi connectivity index (χ1) is 10.2. The standard InChI is InChI=1S/C14H22N4O3/c1-3-5-6-9-15-13-11(18(19)20)14(21-4-2)17-12(16-13)10-7-8-10/h10H,3-9H2,1-2H3,(H,15,16,17). The Morgan fingerprint density at radius 1 is 1.33 bits per heavy atom. The fourth-order valence-corrected chi connectivity index (χ4v) is 2.08. The Bertz CT molecular complexity index is 503. The number of aromatic nitrogens is 2. The Labute approximate surface area is 124 Å². The normalized spacial score (nSPS) is 14.0. The molecule has 1 saturated carbocycles. The summed E-state index contributed by atoms with van der Waals surface area (Å²) in [7, 11) is 0. The van der Waals surface area contributed by atoms with E-state index in [2.05, 4.69) is 22.2 Å². The highest BCUT2D eigenvalue weighted by molar-refractivity contribution is 5.62. The molecule has 0 saturated heterocycles. The van der Waals surface area contributed by atoms with E-state index in [9.17, 15) is 10.1 Å². The second-order valence-corrected chi connectivity index (χ2v) is 5.18. The molecule has 0 aromatic carbocycles. The summed E-state index contributed by atoms with van der Waals surface area (Å²) in [5.41, 5.74) is -0.155. The fraction of sp³-hybridized carbons (Fsp3) is 0.714. The quantitative estimate of drug-likeness (QED) is 0.427. The maximum Gasteiger partial charge on any atom is 0.372 e. The van der Waals surface area contributed by atoms with E-state index in [1.54, 1.807) is 6.92 Å². The van der Waals surface area contributed by atoms with Gasteiger partial charge in [0.1, 0.15) is 5.82 Å². The summed E-state index contributed by atoms with van der Waals surface area (Å²) >= 11 is 0. The highest BCUT2D eigenvalue weighted by Gasteiger charge is 2.32. The first-order valence-corrected chi connectivity index (χ1v) is 7.60. The largest absolute Gasteiger partial charge is 0.473 e. The van der Waals surface area contributed by atoms with Crippen LogP contribution >= 0.6 is 0 Å². The third kappa shape index (κ3) is 4.03. The van der Waals surface area contributed by atoms with Gasteiger partial charge in [-0.05, 0) is 26.2 Å². The van der Waals surface area contributed by atoms with Crippen molar-refractivity contribution in [2.75, 3.05) is 18.5 Å². The van der Waals surface area contributed by atoms with Gasteiger partial charge in [0.25, 0.3) is 5.88 Å². The summed E-state index contributed by atoms with van der Waals surface area (Å²) in [6, 6.07) is 0. The molecule has 0 aliphatic heterocycles. The van der Waals surface area contributed by atoms with E-state index >= 15 is 0 Å². The van der Waals surface area contributed by atoms with Gasteiger partial charge in [0.05, 0.1) is 11.5 Å². The molecule has 7 nitrogen and oxygen atoms in total. The van der Waals surface area contributed by atoms with Crippen LogP contribution in [0.2, 0.25) is 0 Å². The van der Waals surface area contributed by atoms with Crippen molar-refractivity contribution < 1.29 is 9.66 Å². The molecule has 0 atom stereocenters. The number of rotatable bonds is 9. The van der Waals surface area contributed by atoms with Crippen molar-refractivity contribution in [2.24, 2.45) is 0 Å². The second-order valence-electron chi connectivity index (χ2n) is 5.18. The van der Waals surface area contributed by atoms with Crippen molar-refractivity contribution in [3.63, 3.8) is 0 Å². The Morgan fingerprint density at radius 3 is 2.67 bits per heavy atom. The molecule has 0 radical (unpaired) electrons. The lowest BCUT2D eigenvalue weighted by Crippen LogP contribution is -2.11. The maximum atomic E-state index is 11.3.